The molecule has 1 rings (SSSR count). The Morgan fingerprint density at radius 3 is 2.35 bits per heavy atom. The summed E-state index contributed by atoms with van der Waals surface area (Å²) in [5.74, 6) is 5.04. The van der Waals surface area contributed by atoms with Gasteiger partial charge in [0.2, 0.25) is 0 Å². The summed E-state index contributed by atoms with van der Waals surface area (Å²) in [7, 11) is 0. The number of aliphatic hydroxyl groups is 2. The van der Waals surface area contributed by atoms with E-state index in [0.717, 1.165) is 0 Å². The number of nitrogens with zero attached hydrogens (tertiary/aromatic N) is 1. The minimum Gasteiger partial charge on any atom is -0.395 e. The number of nitrogens with one attached hydrogen (secondary N) is 1. The third kappa shape index (κ3) is 3.42. The van der Waals surface area contributed by atoms with Gasteiger partial charge in [0, 0.05) is 13.1 Å². The number of hydrazine groups is 1. The molecule has 5 N–H and O–H groups in total. The molecule has 0 saturated carbocycles. The van der Waals surface area contributed by atoms with Crippen molar-refractivity contribution in [2.75, 3.05) is 31.7 Å². The monoisotopic (exact) mass is 239 g/mol. The van der Waals surface area contributed by atoms with Gasteiger partial charge in [-0.15, -0.1) is 0 Å². The molecule has 0 atom stereocenters. The summed E-state index contributed by atoms with van der Waals surface area (Å²) in [5, 5.41) is 17.7. The fourth-order valence-corrected chi connectivity index (χ4v) is 1.52. The largest absolute Gasteiger partial charge is 0.395 e. The van der Waals surface area contributed by atoms with Crippen LogP contribution >= 0.6 is 0 Å². The van der Waals surface area contributed by atoms with Gasteiger partial charge in [-0.05, 0) is 12.1 Å². The Balaban J connectivity index is 2.92. The molecule has 6 heteroatoms. The molecule has 17 heavy (non-hydrogen) atoms. The van der Waals surface area contributed by atoms with Crippen LogP contribution in [0, 0.1) is 0 Å². The maximum absolute atomic E-state index is 12.1. The number of benzene rings is 1. The van der Waals surface area contributed by atoms with E-state index < -0.39 is 0 Å². The zero-order valence-electron chi connectivity index (χ0n) is 9.47. The van der Waals surface area contributed by atoms with Crippen molar-refractivity contribution in [2.24, 2.45) is 5.84 Å². The highest BCUT2D eigenvalue weighted by Crippen LogP contribution is 2.15. The summed E-state index contributed by atoms with van der Waals surface area (Å²) in [4.78, 5) is 13.5. The van der Waals surface area contributed by atoms with Crippen LogP contribution in [0.1, 0.15) is 10.4 Å². The predicted octanol–water partition coefficient (Wildman–Crippen LogP) is -0.601. The minimum absolute atomic E-state index is 0.149. The summed E-state index contributed by atoms with van der Waals surface area (Å²) in [6.07, 6.45) is 0. The van der Waals surface area contributed by atoms with E-state index >= 15 is 0 Å². The summed E-state index contributed by atoms with van der Waals surface area (Å²) in [6, 6.07) is 6.81. The number of anilines is 1. The number of hydrogen-bond acceptors (Lipinski definition) is 5. The van der Waals surface area contributed by atoms with Crippen molar-refractivity contribution in [3.05, 3.63) is 29.8 Å². The highest BCUT2D eigenvalue weighted by Gasteiger charge is 2.17. The second kappa shape index (κ2) is 6.85. The van der Waals surface area contributed by atoms with E-state index in [1.165, 1.54) is 4.90 Å². The van der Waals surface area contributed by atoms with Crippen LogP contribution in [0.5, 0.6) is 0 Å². The molecule has 94 valence electrons. The van der Waals surface area contributed by atoms with E-state index in [4.69, 9.17) is 16.1 Å². The molecule has 0 fully saturated rings. The fraction of sp³-hybridized carbons (Fsp3) is 0.364. The van der Waals surface area contributed by atoms with Crippen molar-refractivity contribution in [3.8, 4) is 0 Å². The second-order valence-electron chi connectivity index (χ2n) is 3.43. The van der Waals surface area contributed by atoms with Gasteiger partial charge in [-0.1, -0.05) is 12.1 Å². The smallest absolute Gasteiger partial charge is 0.256 e. The molecule has 1 amide bonds. The number of amides is 1. The highest BCUT2D eigenvalue weighted by molar-refractivity contribution is 5.99. The highest BCUT2D eigenvalue weighted by atomic mass is 16.3. The summed E-state index contributed by atoms with van der Waals surface area (Å²) in [5.41, 5.74) is 3.37. The number of hydrogen-bond donors (Lipinski definition) is 4. The fourth-order valence-electron chi connectivity index (χ4n) is 1.52. The van der Waals surface area contributed by atoms with Crippen molar-refractivity contribution in [1.82, 2.24) is 4.90 Å². The molecular formula is C11H17N3O3. The Morgan fingerprint density at radius 2 is 1.82 bits per heavy atom. The van der Waals surface area contributed by atoms with Gasteiger partial charge in [0.25, 0.3) is 5.91 Å². The topological polar surface area (TPSA) is 98.8 Å². The first-order valence-corrected chi connectivity index (χ1v) is 5.31. The van der Waals surface area contributed by atoms with Crippen LogP contribution in [0.4, 0.5) is 5.69 Å². The van der Waals surface area contributed by atoms with Gasteiger partial charge in [-0.2, -0.15) is 0 Å². The standard InChI is InChI=1S/C11H17N3O3/c12-13-10-4-2-1-3-9(10)11(17)14(5-7-15)6-8-16/h1-4,13,15-16H,5-8,12H2. The number of nitrogens with two attached hydrogens (primary N) is 1. The van der Waals surface area contributed by atoms with Crippen LogP contribution in [0.25, 0.3) is 0 Å². The first kappa shape index (κ1) is 13.4. The van der Waals surface area contributed by atoms with E-state index in [1.807, 2.05) is 0 Å². The third-order valence-corrected chi connectivity index (χ3v) is 2.34. The van der Waals surface area contributed by atoms with E-state index in [2.05, 4.69) is 5.43 Å². The maximum atomic E-state index is 12.1. The first-order chi connectivity index (χ1) is 8.24. The van der Waals surface area contributed by atoms with E-state index in [-0.39, 0.29) is 32.2 Å². The molecular weight excluding hydrogens is 222 g/mol. The Labute approximate surface area is 99.6 Å². The summed E-state index contributed by atoms with van der Waals surface area (Å²) >= 11 is 0. The van der Waals surface area contributed by atoms with Crippen LogP contribution in [-0.2, 0) is 0 Å². The van der Waals surface area contributed by atoms with E-state index in [0.29, 0.717) is 11.3 Å². The lowest BCUT2D eigenvalue weighted by Crippen LogP contribution is -2.36. The lowest BCUT2D eigenvalue weighted by molar-refractivity contribution is 0.0685. The number of rotatable bonds is 6. The molecule has 0 unspecified atom stereocenters. The zero-order chi connectivity index (χ0) is 12.7. The van der Waals surface area contributed by atoms with Gasteiger partial charge in [0.05, 0.1) is 24.5 Å². The van der Waals surface area contributed by atoms with Crippen molar-refractivity contribution < 1.29 is 15.0 Å². The molecule has 0 aliphatic carbocycles. The van der Waals surface area contributed by atoms with Crippen molar-refractivity contribution >= 4 is 11.6 Å². The van der Waals surface area contributed by atoms with Crippen LogP contribution in [0.15, 0.2) is 24.3 Å². The molecule has 1 aromatic carbocycles. The average Bonchev–Trinajstić information content (AvgIpc) is 2.37. The number of carbonyl (C=O) groups excluding carboxylic acids is 1. The second-order valence-corrected chi connectivity index (χ2v) is 3.43. The lowest BCUT2D eigenvalue weighted by Gasteiger charge is -2.21. The van der Waals surface area contributed by atoms with Crippen LogP contribution < -0.4 is 11.3 Å². The van der Waals surface area contributed by atoms with Gasteiger partial charge in [0.1, 0.15) is 0 Å². The van der Waals surface area contributed by atoms with Gasteiger partial charge in [-0.3, -0.25) is 10.6 Å². The predicted molar refractivity (Wildman–Crippen MR) is 64.3 cm³/mol. The van der Waals surface area contributed by atoms with Crippen molar-refractivity contribution in [3.63, 3.8) is 0 Å². The number of carbonyl (C=O) groups is 1. The lowest BCUT2D eigenvalue weighted by atomic mass is 10.1. The van der Waals surface area contributed by atoms with Gasteiger partial charge in [0.15, 0.2) is 0 Å². The molecule has 0 bridgehead atoms. The minimum atomic E-state index is -0.276. The van der Waals surface area contributed by atoms with Gasteiger partial charge in [-0.25, -0.2) is 0 Å². The quantitative estimate of drug-likeness (QED) is 0.392. The molecule has 0 aromatic heterocycles. The molecule has 0 radical (unpaired) electrons. The summed E-state index contributed by atoms with van der Waals surface area (Å²) in [6.45, 7) is 0.0600. The molecule has 0 heterocycles. The normalized spacial score (nSPS) is 10.1. The average molecular weight is 239 g/mol. The Hall–Kier alpha value is -1.63. The Morgan fingerprint density at radius 1 is 1.24 bits per heavy atom. The van der Waals surface area contributed by atoms with E-state index in [9.17, 15) is 4.79 Å². The molecule has 0 saturated heterocycles. The van der Waals surface area contributed by atoms with E-state index in [1.54, 1.807) is 24.3 Å². The van der Waals surface area contributed by atoms with Crippen molar-refractivity contribution in [1.29, 1.82) is 0 Å². The number of nitrogen functional groups attached to an aromatic ring is 1. The van der Waals surface area contributed by atoms with Crippen LogP contribution in [-0.4, -0.2) is 47.3 Å². The first-order valence-electron chi connectivity index (χ1n) is 5.31. The SMILES string of the molecule is NNc1ccccc1C(=O)N(CCO)CCO. The zero-order valence-corrected chi connectivity index (χ0v) is 9.47. The Kier molecular flexibility index (Phi) is 5.41. The molecule has 0 aliphatic rings. The van der Waals surface area contributed by atoms with Crippen molar-refractivity contribution in [2.45, 2.75) is 0 Å². The Bertz CT molecular complexity index is 365. The number of para-hydroxylation sites is 1. The van der Waals surface area contributed by atoms with Gasteiger partial charge < -0.3 is 20.5 Å². The summed E-state index contributed by atoms with van der Waals surface area (Å²) < 4.78 is 0. The molecule has 1 aromatic rings. The van der Waals surface area contributed by atoms with Crippen LogP contribution in [0.3, 0.4) is 0 Å². The molecule has 0 aliphatic heterocycles. The maximum Gasteiger partial charge on any atom is 0.256 e. The molecule has 6 nitrogen and oxygen atoms in total. The van der Waals surface area contributed by atoms with Crippen LogP contribution in [0.2, 0.25) is 0 Å². The third-order valence-electron chi connectivity index (χ3n) is 2.34. The number of aliphatic hydroxyl groups excluding tert-OH is 2. The van der Waals surface area contributed by atoms with Gasteiger partial charge >= 0.3 is 0 Å². The molecule has 0 spiro atoms.